The fourth-order valence-electron chi connectivity index (χ4n) is 3.70. The van der Waals surface area contributed by atoms with Gasteiger partial charge in [0.05, 0.1) is 0 Å². The zero-order valence-electron chi connectivity index (χ0n) is 20.5. The first kappa shape index (κ1) is 26.5. The van der Waals surface area contributed by atoms with Crippen molar-refractivity contribution >= 4 is 27.7 Å². The van der Waals surface area contributed by atoms with Gasteiger partial charge in [0.25, 0.3) is 5.91 Å². The average Bonchev–Trinajstić information content (AvgIpc) is 2.85. The minimum absolute atomic E-state index is 0.149. The number of carbonyl (C=O) groups excluding carboxylic acids is 2. The van der Waals surface area contributed by atoms with E-state index < -0.39 is 6.04 Å². The molecule has 184 valence electrons. The second-order valence-electron chi connectivity index (χ2n) is 9.05. The van der Waals surface area contributed by atoms with Crippen molar-refractivity contribution in [2.45, 2.75) is 39.8 Å². The van der Waals surface area contributed by atoms with Gasteiger partial charge in [0.15, 0.2) is 6.61 Å². The summed E-state index contributed by atoms with van der Waals surface area (Å²) in [7, 11) is 0. The van der Waals surface area contributed by atoms with Gasteiger partial charge in [-0.05, 0) is 47.7 Å². The summed E-state index contributed by atoms with van der Waals surface area (Å²) in [5.41, 5.74) is 2.88. The highest BCUT2D eigenvalue weighted by Gasteiger charge is 2.30. The lowest BCUT2D eigenvalue weighted by atomic mass is 10.0. The molecule has 0 bridgehead atoms. The van der Waals surface area contributed by atoms with E-state index in [1.54, 1.807) is 4.90 Å². The molecule has 0 radical (unpaired) electrons. The Hall–Kier alpha value is -3.12. The second kappa shape index (κ2) is 13.1. The third-order valence-corrected chi connectivity index (χ3v) is 6.20. The van der Waals surface area contributed by atoms with Crippen molar-refractivity contribution < 1.29 is 14.3 Å². The number of halogens is 1. The molecule has 0 saturated carbocycles. The molecule has 0 spiro atoms. The Bertz CT molecular complexity index is 1100. The molecule has 3 rings (SSSR count). The first-order chi connectivity index (χ1) is 16.8. The molecule has 0 saturated heterocycles. The van der Waals surface area contributed by atoms with Gasteiger partial charge in [-0.25, -0.2) is 0 Å². The highest BCUT2D eigenvalue weighted by atomic mass is 79.9. The Morgan fingerprint density at radius 2 is 1.57 bits per heavy atom. The van der Waals surface area contributed by atoms with Gasteiger partial charge in [0.2, 0.25) is 5.91 Å². The predicted molar refractivity (Wildman–Crippen MR) is 143 cm³/mol. The van der Waals surface area contributed by atoms with Gasteiger partial charge >= 0.3 is 0 Å². The number of hydrogen-bond donors (Lipinski definition) is 1. The van der Waals surface area contributed by atoms with Crippen LogP contribution in [0.4, 0.5) is 0 Å². The van der Waals surface area contributed by atoms with Crippen molar-refractivity contribution in [1.82, 2.24) is 10.2 Å². The van der Waals surface area contributed by atoms with E-state index in [1.807, 2.05) is 99.6 Å². The van der Waals surface area contributed by atoms with E-state index in [2.05, 4.69) is 21.2 Å². The van der Waals surface area contributed by atoms with Crippen molar-refractivity contribution in [2.75, 3.05) is 13.2 Å². The summed E-state index contributed by atoms with van der Waals surface area (Å²) < 4.78 is 6.84. The van der Waals surface area contributed by atoms with Crippen LogP contribution in [0.25, 0.3) is 0 Å². The first-order valence-corrected chi connectivity index (χ1v) is 12.7. The number of rotatable bonds is 11. The monoisotopic (exact) mass is 536 g/mol. The molecule has 0 aromatic heterocycles. The molecule has 1 atom stereocenters. The van der Waals surface area contributed by atoms with Crippen molar-refractivity contribution in [3.63, 3.8) is 0 Å². The third kappa shape index (κ3) is 8.25. The second-order valence-corrected chi connectivity index (χ2v) is 9.96. The molecule has 5 nitrogen and oxygen atoms in total. The lowest BCUT2D eigenvalue weighted by Crippen LogP contribution is -2.52. The van der Waals surface area contributed by atoms with E-state index in [0.717, 1.165) is 21.2 Å². The zero-order valence-corrected chi connectivity index (χ0v) is 22.1. The van der Waals surface area contributed by atoms with Crippen molar-refractivity contribution in [3.05, 3.63) is 100 Å². The molecule has 3 aromatic carbocycles. The number of hydrogen-bond acceptors (Lipinski definition) is 3. The van der Waals surface area contributed by atoms with Gasteiger partial charge in [0, 0.05) is 24.0 Å². The maximum absolute atomic E-state index is 13.6. The zero-order chi connectivity index (χ0) is 25.2. The maximum Gasteiger partial charge on any atom is 0.261 e. The minimum atomic E-state index is -0.673. The largest absolute Gasteiger partial charge is 0.484 e. The van der Waals surface area contributed by atoms with Crippen molar-refractivity contribution in [1.29, 1.82) is 0 Å². The number of ether oxygens (including phenoxy) is 1. The summed E-state index contributed by atoms with van der Waals surface area (Å²) >= 11 is 3.46. The topological polar surface area (TPSA) is 58.6 Å². The van der Waals surface area contributed by atoms with Crippen LogP contribution >= 0.6 is 15.9 Å². The lowest BCUT2D eigenvalue weighted by Gasteiger charge is -2.31. The van der Waals surface area contributed by atoms with Crippen LogP contribution in [0.2, 0.25) is 0 Å². The minimum Gasteiger partial charge on any atom is -0.484 e. The first-order valence-electron chi connectivity index (χ1n) is 11.9. The normalized spacial score (nSPS) is 11.7. The van der Waals surface area contributed by atoms with Crippen LogP contribution in [-0.4, -0.2) is 35.9 Å². The number of para-hydroxylation sites is 1. The number of nitrogens with one attached hydrogen (secondary N) is 1. The Morgan fingerprint density at radius 3 is 2.23 bits per heavy atom. The molecule has 0 unspecified atom stereocenters. The van der Waals surface area contributed by atoms with Gasteiger partial charge in [-0.15, -0.1) is 0 Å². The van der Waals surface area contributed by atoms with Crippen LogP contribution in [0.15, 0.2) is 83.3 Å². The summed E-state index contributed by atoms with van der Waals surface area (Å²) in [6.07, 6.45) is 0.414. The van der Waals surface area contributed by atoms with E-state index in [4.69, 9.17) is 4.74 Å². The van der Waals surface area contributed by atoms with Crippen LogP contribution in [0, 0.1) is 12.8 Å². The maximum atomic E-state index is 13.6. The predicted octanol–water partition coefficient (Wildman–Crippen LogP) is 5.55. The Balaban J connectivity index is 1.90. The van der Waals surface area contributed by atoms with Crippen LogP contribution in [0.3, 0.4) is 0 Å². The summed E-state index contributed by atoms with van der Waals surface area (Å²) in [6, 6.07) is 24.5. The Labute approximate surface area is 216 Å². The lowest BCUT2D eigenvalue weighted by molar-refractivity contribution is -0.142. The molecule has 0 heterocycles. The number of benzene rings is 3. The molecule has 1 N–H and O–H groups in total. The smallest absolute Gasteiger partial charge is 0.261 e. The van der Waals surface area contributed by atoms with E-state index in [9.17, 15) is 9.59 Å². The van der Waals surface area contributed by atoms with Crippen LogP contribution in [-0.2, 0) is 22.6 Å². The molecule has 0 aliphatic carbocycles. The third-order valence-electron chi connectivity index (χ3n) is 5.67. The number of carbonyl (C=O) groups is 2. The number of nitrogens with zero attached hydrogens (tertiary/aromatic N) is 1. The van der Waals surface area contributed by atoms with Gasteiger partial charge < -0.3 is 15.0 Å². The molecule has 35 heavy (non-hydrogen) atoms. The number of aryl methyl sites for hydroxylation is 1. The summed E-state index contributed by atoms with van der Waals surface area (Å²) in [5.74, 6) is 0.561. The average molecular weight is 537 g/mol. The highest BCUT2D eigenvalue weighted by molar-refractivity contribution is 9.10. The van der Waals surface area contributed by atoms with E-state index in [-0.39, 0.29) is 18.4 Å². The summed E-state index contributed by atoms with van der Waals surface area (Å²) in [4.78, 5) is 28.6. The van der Waals surface area contributed by atoms with Gasteiger partial charge in [-0.2, -0.15) is 0 Å². The van der Waals surface area contributed by atoms with Gasteiger partial charge in [-0.3, -0.25) is 9.59 Å². The van der Waals surface area contributed by atoms with Crippen LogP contribution in [0.1, 0.15) is 30.5 Å². The molecule has 0 aliphatic heterocycles. The van der Waals surface area contributed by atoms with E-state index in [0.29, 0.717) is 31.2 Å². The fourth-order valence-corrected chi connectivity index (χ4v) is 3.97. The SMILES string of the molecule is Cc1ccccc1OCC(=O)N(Cc1ccc(Br)cc1)[C@H](Cc1ccccc1)C(=O)NCC(C)C. The van der Waals surface area contributed by atoms with Gasteiger partial charge in [0.1, 0.15) is 11.8 Å². The van der Waals surface area contributed by atoms with E-state index in [1.165, 1.54) is 0 Å². The Kier molecular flexibility index (Phi) is 9.91. The van der Waals surface area contributed by atoms with Crippen LogP contribution < -0.4 is 10.1 Å². The molecule has 2 amide bonds. The standard InChI is InChI=1S/C29H33BrN2O3/c1-21(2)18-31-29(34)26(17-23-10-5-4-6-11-23)32(19-24-13-15-25(30)16-14-24)28(33)20-35-27-12-8-7-9-22(27)3/h4-16,21,26H,17-20H2,1-3H3,(H,31,34)/t26-/m1/s1. The highest BCUT2D eigenvalue weighted by Crippen LogP contribution is 2.19. The molecule has 3 aromatic rings. The quantitative estimate of drug-likeness (QED) is 0.349. The van der Waals surface area contributed by atoms with Crippen molar-refractivity contribution in [3.8, 4) is 5.75 Å². The summed E-state index contributed by atoms with van der Waals surface area (Å²) in [5, 5.41) is 3.03. The molecule has 6 heteroatoms. The van der Waals surface area contributed by atoms with Gasteiger partial charge in [-0.1, -0.05) is 90.4 Å². The van der Waals surface area contributed by atoms with Crippen LogP contribution in [0.5, 0.6) is 5.75 Å². The fraction of sp³-hybridized carbons (Fsp3) is 0.310. The molecular formula is C29H33BrN2O3. The summed E-state index contributed by atoms with van der Waals surface area (Å²) in [6.45, 7) is 6.74. The van der Waals surface area contributed by atoms with E-state index >= 15 is 0 Å². The van der Waals surface area contributed by atoms with Crippen molar-refractivity contribution in [2.24, 2.45) is 5.92 Å². The molecule has 0 fully saturated rings. The molecular weight excluding hydrogens is 504 g/mol. The Morgan fingerprint density at radius 1 is 0.914 bits per heavy atom. The number of amides is 2. The molecule has 0 aliphatic rings.